The van der Waals surface area contributed by atoms with Gasteiger partial charge in [0, 0.05) is 13.6 Å². The van der Waals surface area contributed by atoms with E-state index in [1.807, 2.05) is 44.2 Å². The number of sulfonamides is 1. The van der Waals surface area contributed by atoms with E-state index in [4.69, 9.17) is 4.74 Å². The molecule has 27 heavy (non-hydrogen) atoms. The Morgan fingerprint density at radius 3 is 2.37 bits per heavy atom. The topological polar surface area (TPSA) is 75.7 Å². The Hall–Kier alpha value is -2.38. The lowest BCUT2D eigenvalue weighted by Gasteiger charge is -2.25. The van der Waals surface area contributed by atoms with E-state index in [2.05, 4.69) is 5.32 Å². The van der Waals surface area contributed by atoms with Crippen LogP contribution in [0.15, 0.2) is 54.6 Å². The molecule has 0 aliphatic carbocycles. The summed E-state index contributed by atoms with van der Waals surface area (Å²) < 4.78 is 30.7. The van der Waals surface area contributed by atoms with E-state index in [1.54, 1.807) is 24.3 Å². The summed E-state index contributed by atoms with van der Waals surface area (Å²) in [5, 5.41) is 2.83. The molecule has 0 fully saturated rings. The standard InChI is InChI=1S/C20H26N2O4S/c1-15(2)26-18-12-8-9-16(13-18)14-21-20(23)19(22(3)27(4,24)25)17-10-6-5-7-11-17/h5-13,15,19H,14H2,1-4H3,(H,21,23). The lowest BCUT2D eigenvalue weighted by atomic mass is 10.1. The molecule has 0 bridgehead atoms. The van der Waals surface area contributed by atoms with Crippen molar-refractivity contribution in [1.29, 1.82) is 0 Å². The fourth-order valence-corrected chi connectivity index (χ4v) is 3.24. The van der Waals surface area contributed by atoms with Gasteiger partial charge in [-0.3, -0.25) is 4.79 Å². The number of ether oxygens (including phenoxy) is 1. The molecule has 2 aromatic rings. The SMILES string of the molecule is CC(C)Oc1cccc(CNC(=O)C(c2ccccc2)N(C)S(C)(=O)=O)c1. The van der Waals surface area contributed by atoms with Gasteiger partial charge < -0.3 is 10.1 Å². The van der Waals surface area contributed by atoms with Gasteiger partial charge in [0.1, 0.15) is 11.8 Å². The van der Waals surface area contributed by atoms with Crippen LogP contribution in [-0.2, 0) is 21.4 Å². The number of rotatable bonds is 8. The van der Waals surface area contributed by atoms with E-state index in [0.29, 0.717) is 5.56 Å². The van der Waals surface area contributed by atoms with Crippen molar-refractivity contribution >= 4 is 15.9 Å². The normalized spacial score (nSPS) is 12.8. The number of carbonyl (C=O) groups excluding carboxylic acids is 1. The van der Waals surface area contributed by atoms with Gasteiger partial charge in [-0.1, -0.05) is 42.5 Å². The number of nitrogens with zero attached hydrogens (tertiary/aromatic N) is 1. The number of nitrogens with one attached hydrogen (secondary N) is 1. The third-order valence-electron chi connectivity index (χ3n) is 3.99. The van der Waals surface area contributed by atoms with Crippen molar-refractivity contribution in [2.24, 2.45) is 0 Å². The second-order valence-electron chi connectivity index (χ2n) is 6.62. The maximum Gasteiger partial charge on any atom is 0.243 e. The highest BCUT2D eigenvalue weighted by Crippen LogP contribution is 2.22. The molecular weight excluding hydrogens is 364 g/mol. The Kier molecular flexibility index (Phi) is 6.98. The summed E-state index contributed by atoms with van der Waals surface area (Å²) in [6.07, 6.45) is 1.14. The van der Waals surface area contributed by atoms with E-state index in [-0.39, 0.29) is 18.6 Å². The summed E-state index contributed by atoms with van der Waals surface area (Å²) in [4.78, 5) is 12.8. The van der Waals surface area contributed by atoms with Crippen molar-refractivity contribution in [3.8, 4) is 5.75 Å². The molecule has 1 N–H and O–H groups in total. The summed E-state index contributed by atoms with van der Waals surface area (Å²) in [5.74, 6) is 0.342. The van der Waals surface area contributed by atoms with Crippen LogP contribution in [0.25, 0.3) is 0 Å². The molecule has 0 radical (unpaired) electrons. The Bertz CT molecular complexity index is 867. The van der Waals surface area contributed by atoms with Crippen LogP contribution in [-0.4, -0.2) is 38.0 Å². The zero-order valence-corrected chi connectivity index (χ0v) is 16.9. The molecule has 0 saturated heterocycles. The Balaban J connectivity index is 2.17. The molecule has 7 heteroatoms. The average Bonchev–Trinajstić information content (AvgIpc) is 2.60. The highest BCUT2D eigenvalue weighted by Gasteiger charge is 2.30. The third-order valence-corrected chi connectivity index (χ3v) is 5.24. The number of benzene rings is 2. The summed E-state index contributed by atoms with van der Waals surface area (Å²) >= 11 is 0. The van der Waals surface area contributed by atoms with Crippen LogP contribution >= 0.6 is 0 Å². The summed E-state index contributed by atoms with van der Waals surface area (Å²) in [7, 11) is -2.14. The second kappa shape index (κ2) is 9.01. The van der Waals surface area contributed by atoms with E-state index < -0.39 is 16.1 Å². The largest absolute Gasteiger partial charge is 0.491 e. The minimum Gasteiger partial charge on any atom is -0.491 e. The van der Waals surface area contributed by atoms with Crippen LogP contribution in [0.2, 0.25) is 0 Å². The first-order valence-electron chi connectivity index (χ1n) is 8.69. The molecule has 2 aromatic carbocycles. The van der Waals surface area contributed by atoms with E-state index in [0.717, 1.165) is 21.9 Å². The number of hydrogen-bond donors (Lipinski definition) is 1. The lowest BCUT2D eigenvalue weighted by Crippen LogP contribution is -2.41. The van der Waals surface area contributed by atoms with Gasteiger partial charge in [0.05, 0.1) is 12.4 Å². The summed E-state index contributed by atoms with van der Waals surface area (Å²) in [5.41, 5.74) is 1.48. The third kappa shape index (κ3) is 6.08. The Morgan fingerprint density at radius 1 is 1.11 bits per heavy atom. The molecule has 0 spiro atoms. The summed E-state index contributed by atoms with van der Waals surface area (Å²) in [6.45, 7) is 4.16. The van der Waals surface area contributed by atoms with Crippen LogP contribution in [0.3, 0.4) is 0 Å². The monoisotopic (exact) mass is 390 g/mol. The van der Waals surface area contributed by atoms with Crippen molar-refractivity contribution in [1.82, 2.24) is 9.62 Å². The predicted octanol–water partition coefficient (Wildman–Crippen LogP) is 2.72. The highest BCUT2D eigenvalue weighted by atomic mass is 32.2. The van der Waals surface area contributed by atoms with Gasteiger partial charge in [0.15, 0.2) is 0 Å². The van der Waals surface area contributed by atoms with Gasteiger partial charge >= 0.3 is 0 Å². The van der Waals surface area contributed by atoms with Crippen molar-refractivity contribution in [3.63, 3.8) is 0 Å². The van der Waals surface area contributed by atoms with Crippen molar-refractivity contribution < 1.29 is 17.9 Å². The van der Waals surface area contributed by atoms with E-state index >= 15 is 0 Å². The number of amides is 1. The molecule has 0 aliphatic rings. The van der Waals surface area contributed by atoms with Crippen LogP contribution < -0.4 is 10.1 Å². The molecule has 0 heterocycles. The quantitative estimate of drug-likeness (QED) is 0.752. The fraction of sp³-hybridized carbons (Fsp3) is 0.350. The van der Waals surface area contributed by atoms with Crippen molar-refractivity contribution in [3.05, 3.63) is 65.7 Å². The maximum atomic E-state index is 12.8. The van der Waals surface area contributed by atoms with Gasteiger partial charge in [-0.25, -0.2) is 8.42 Å². The molecule has 1 atom stereocenters. The van der Waals surface area contributed by atoms with Crippen molar-refractivity contribution in [2.75, 3.05) is 13.3 Å². The zero-order valence-electron chi connectivity index (χ0n) is 16.0. The van der Waals surface area contributed by atoms with Gasteiger partial charge in [-0.15, -0.1) is 0 Å². The number of likely N-dealkylation sites (N-methyl/N-ethyl adjacent to an activating group) is 1. The minimum absolute atomic E-state index is 0.0562. The molecular formula is C20H26N2O4S. The van der Waals surface area contributed by atoms with E-state index in [9.17, 15) is 13.2 Å². The van der Waals surface area contributed by atoms with Gasteiger partial charge in [-0.05, 0) is 37.1 Å². The minimum atomic E-state index is -3.55. The average molecular weight is 391 g/mol. The fourth-order valence-electron chi connectivity index (χ4n) is 2.64. The molecule has 0 aliphatic heterocycles. The smallest absolute Gasteiger partial charge is 0.243 e. The van der Waals surface area contributed by atoms with Gasteiger partial charge in [-0.2, -0.15) is 4.31 Å². The number of carbonyl (C=O) groups is 1. The van der Waals surface area contributed by atoms with Crippen molar-refractivity contribution in [2.45, 2.75) is 32.5 Å². The molecule has 0 aromatic heterocycles. The first kappa shape index (κ1) is 20.9. The molecule has 1 unspecified atom stereocenters. The Morgan fingerprint density at radius 2 is 1.78 bits per heavy atom. The highest BCUT2D eigenvalue weighted by molar-refractivity contribution is 7.88. The predicted molar refractivity (Wildman–Crippen MR) is 106 cm³/mol. The van der Waals surface area contributed by atoms with Crippen LogP contribution in [0, 0.1) is 0 Å². The van der Waals surface area contributed by atoms with Gasteiger partial charge in [0.2, 0.25) is 15.9 Å². The Labute approximate surface area is 161 Å². The van der Waals surface area contributed by atoms with E-state index in [1.165, 1.54) is 7.05 Å². The van der Waals surface area contributed by atoms with Gasteiger partial charge in [0.25, 0.3) is 0 Å². The van der Waals surface area contributed by atoms with Crippen LogP contribution in [0.4, 0.5) is 0 Å². The first-order valence-corrected chi connectivity index (χ1v) is 10.5. The number of hydrogen-bond acceptors (Lipinski definition) is 4. The lowest BCUT2D eigenvalue weighted by molar-refractivity contribution is -0.125. The van der Waals surface area contributed by atoms with Crippen LogP contribution in [0.1, 0.15) is 31.0 Å². The molecule has 0 saturated carbocycles. The zero-order chi connectivity index (χ0) is 20.0. The maximum absolute atomic E-state index is 12.8. The molecule has 2 rings (SSSR count). The first-order chi connectivity index (χ1) is 12.7. The van der Waals surface area contributed by atoms with Crippen LogP contribution in [0.5, 0.6) is 5.75 Å². The summed E-state index contributed by atoms with van der Waals surface area (Å²) in [6, 6.07) is 15.4. The molecule has 1 amide bonds. The second-order valence-corrected chi connectivity index (χ2v) is 8.67. The molecule has 146 valence electrons. The molecule has 6 nitrogen and oxygen atoms in total.